The van der Waals surface area contributed by atoms with Crippen molar-refractivity contribution >= 4 is 11.4 Å². The molecular weight excluding hydrogens is 286 g/mol. The number of imidazole rings is 1. The first-order chi connectivity index (χ1) is 11.3. The highest BCUT2D eigenvalue weighted by Gasteiger charge is 2.13. The van der Waals surface area contributed by atoms with Gasteiger partial charge in [0.05, 0.1) is 0 Å². The molecule has 0 aliphatic carbocycles. The van der Waals surface area contributed by atoms with E-state index in [1.807, 2.05) is 59.3 Å². The van der Waals surface area contributed by atoms with Gasteiger partial charge in [-0.3, -0.25) is 9.78 Å². The van der Waals surface area contributed by atoms with Crippen molar-refractivity contribution in [2.45, 2.75) is 0 Å². The summed E-state index contributed by atoms with van der Waals surface area (Å²) in [6, 6.07) is 17.0. The van der Waals surface area contributed by atoms with E-state index in [9.17, 15) is 4.79 Å². The van der Waals surface area contributed by atoms with Crippen LogP contribution in [0.4, 0.5) is 0 Å². The number of aromatic nitrogens is 3. The maximum Gasteiger partial charge on any atom is 0.212 e. The second-order valence-corrected chi connectivity index (χ2v) is 5.25. The zero-order chi connectivity index (χ0) is 15.6. The van der Waals surface area contributed by atoms with E-state index < -0.39 is 0 Å². The van der Waals surface area contributed by atoms with E-state index in [4.69, 9.17) is 0 Å². The molecule has 4 aromatic rings. The summed E-state index contributed by atoms with van der Waals surface area (Å²) in [7, 11) is 0. The number of fused-ring (bicyclic) bond motifs is 1. The zero-order valence-electron chi connectivity index (χ0n) is 12.3. The van der Waals surface area contributed by atoms with Crippen LogP contribution < -0.4 is 0 Å². The first-order valence-electron chi connectivity index (χ1n) is 7.30. The van der Waals surface area contributed by atoms with Gasteiger partial charge in [0.2, 0.25) is 5.78 Å². The van der Waals surface area contributed by atoms with Crippen LogP contribution in [0.3, 0.4) is 0 Å². The quantitative estimate of drug-likeness (QED) is 0.543. The lowest BCUT2D eigenvalue weighted by Gasteiger charge is -2.01. The second-order valence-electron chi connectivity index (χ2n) is 5.25. The summed E-state index contributed by atoms with van der Waals surface area (Å²) in [5.74, 6) is -0.0720. The van der Waals surface area contributed by atoms with Crippen LogP contribution in [0.15, 0.2) is 79.4 Å². The normalized spacial score (nSPS) is 10.8. The minimum absolute atomic E-state index is 0.0720. The highest BCUT2D eigenvalue weighted by atomic mass is 16.1. The number of pyridine rings is 2. The van der Waals surface area contributed by atoms with Gasteiger partial charge in [-0.1, -0.05) is 36.4 Å². The molecule has 0 aliphatic rings. The fraction of sp³-hybridized carbons (Fsp3) is 0. The molecule has 0 aliphatic heterocycles. The number of hydrogen-bond donors (Lipinski definition) is 0. The summed E-state index contributed by atoms with van der Waals surface area (Å²) in [6.07, 6.45) is 7.29. The van der Waals surface area contributed by atoms with Gasteiger partial charge in [0.1, 0.15) is 11.3 Å². The predicted molar refractivity (Wildman–Crippen MR) is 88.3 cm³/mol. The fourth-order valence-electron chi connectivity index (χ4n) is 2.54. The van der Waals surface area contributed by atoms with Crippen LogP contribution in [0.5, 0.6) is 0 Å². The molecular formula is C19H13N3O. The van der Waals surface area contributed by atoms with E-state index in [0.717, 1.165) is 16.8 Å². The van der Waals surface area contributed by atoms with Crippen molar-refractivity contribution in [3.63, 3.8) is 0 Å². The van der Waals surface area contributed by atoms with Gasteiger partial charge in [-0.2, -0.15) is 0 Å². The molecule has 0 bridgehead atoms. The lowest BCUT2D eigenvalue weighted by Crippen LogP contribution is -2.00. The van der Waals surface area contributed by atoms with Gasteiger partial charge in [0.25, 0.3) is 0 Å². The molecule has 0 fully saturated rings. The minimum atomic E-state index is -0.0720. The average Bonchev–Trinajstić information content (AvgIpc) is 3.06. The molecule has 1 aromatic carbocycles. The van der Waals surface area contributed by atoms with Crippen LogP contribution in [-0.4, -0.2) is 20.2 Å². The molecule has 23 heavy (non-hydrogen) atoms. The van der Waals surface area contributed by atoms with E-state index in [1.54, 1.807) is 24.5 Å². The highest BCUT2D eigenvalue weighted by molar-refractivity contribution is 6.07. The van der Waals surface area contributed by atoms with Crippen LogP contribution in [0.25, 0.3) is 16.8 Å². The molecule has 0 unspecified atom stereocenters. The molecule has 0 N–H and O–H groups in total. The summed E-state index contributed by atoms with van der Waals surface area (Å²) >= 11 is 0. The van der Waals surface area contributed by atoms with Crippen LogP contribution >= 0.6 is 0 Å². The van der Waals surface area contributed by atoms with Gasteiger partial charge >= 0.3 is 0 Å². The molecule has 0 atom stereocenters. The van der Waals surface area contributed by atoms with Crippen LogP contribution in [0.1, 0.15) is 16.1 Å². The maximum atomic E-state index is 12.5. The molecule has 0 saturated carbocycles. The average molecular weight is 299 g/mol. The minimum Gasteiger partial charge on any atom is -0.306 e. The van der Waals surface area contributed by atoms with Crippen LogP contribution in [0.2, 0.25) is 0 Å². The lowest BCUT2D eigenvalue weighted by molar-refractivity contribution is 0.103. The van der Waals surface area contributed by atoms with Crippen molar-refractivity contribution in [1.29, 1.82) is 0 Å². The van der Waals surface area contributed by atoms with Crippen molar-refractivity contribution < 1.29 is 4.79 Å². The van der Waals surface area contributed by atoms with Crippen LogP contribution in [0, 0.1) is 0 Å². The van der Waals surface area contributed by atoms with E-state index in [1.165, 1.54) is 0 Å². The van der Waals surface area contributed by atoms with Crippen molar-refractivity contribution in [3.8, 4) is 11.1 Å². The molecule has 4 nitrogen and oxygen atoms in total. The summed E-state index contributed by atoms with van der Waals surface area (Å²) in [4.78, 5) is 21.0. The third-order valence-corrected chi connectivity index (χ3v) is 3.71. The first-order valence-corrected chi connectivity index (χ1v) is 7.30. The Labute approximate surface area is 133 Å². The largest absolute Gasteiger partial charge is 0.306 e. The Kier molecular flexibility index (Phi) is 3.20. The lowest BCUT2D eigenvalue weighted by atomic mass is 10.1. The monoisotopic (exact) mass is 299 g/mol. The van der Waals surface area contributed by atoms with Gasteiger partial charge in [-0.15, -0.1) is 0 Å². The Morgan fingerprint density at radius 3 is 2.52 bits per heavy atom. The Bertz CT molecular complexity index is 975. The number of ketones is 1. The van der Waals surface area contributed by atoms with E-state index in [2.05, 4.69) is 9.97 Å². The number of benzene rings is 1. The number of nitrogens with zero attached hydrogens (tertiary/aromatic N) is 3. The Balaban J connectivity index is 1.75. The molecule has 4 heteroatoms. The molecule has 3 aromatic heterocycles. The first kappa shape index (κ1) is 13.4. The molecule has 0 radical (unpaired) electrons. The summed E-state index contributed by atoms with van der Waals surface area (Å²) in [5.41, 5.74) is 3.89. The number of rotatable bonds is 3. The predicted octanol–water partition coefficient (Wildman–Crippen LogP) is 3.63. The molecule has 0 spiro atoms. The van der Waals surface area contributed by atoms with E-state index in [-0.39, 0.29) is 5.78 Å². The van der Waals surface area contributed by atoms with E-state index in [0.29, 0.717) is 11.3 Å². The van der Waals surface area contributed by atoms with Gasteiger partial charge < -0.3 is 4.40 Å². The fourth-order valence-corrected chi connectivity index (χ4v) is 2.54. The standard InChI is InChI=1S/C19H13N3O/c23-19(14-5-2-1-3-6-14)17-13-22-12-16(8-9-18(22)21-17)15-7-4-10-20-11-15/h1-13H. The third-order valence-electron chi connectivity index (χ3n) is 3.71. The van der Waals surface area contributed by atoms with E-state index >= 15 is 0 Å². The van der Waals surface area contributed by atoms with Gasteiger partial charge in [-0.05, 0) is 23.8 Å². The number of carbonyl (C=O) groups excluding carboxylic acids is 1. The topological polar surface area (TPSA) is 47.3 Å². The number of hydrogen-bond acceptors (Lipinski definition) is 3. The summed E-state index contributed by atoms with van der Waals surface area (Å²) < 4.78 is 1.87. The molecule has 3 heterocycles. The van der Waals surface area contributed by atoms with Crippen molar-refractivity contribution in [2.75, 3.05) is 0 Å². The van der Waals surface area contributed by atoms with Crippen molar-refractivity contribution in [3.05, 3.63) is 90.6 Å². The Morgan fingerprint density at radius 2 is 1.74 bits per heavy atom. The smallest absolute Gasteiger partial charge is 0.212 e. The van der Waals surface area contributed by atoms with Crippen molar-refractivity contribution in [2.24, 2.45) is 0 Å². The zero-order valence-corrected chi connectivity index (χ0v) is 12.3. The summed E-state index contributed by atoms with van der Waals surface area (Å²) in [5, 5.41) is 0. The molecule has 0 amide bonds. The van der Waals surface area contributed by atoms with Gasteiger partial charge in [0, 0.05) is 35.9 Å². The Hall–Kier alpha value is -3.27. The Morgan fingerprint density at radius 1 is 0.870 bits per heavy atom. The maximum absolute atomic E-state index is 12.5. The van der Waals surface area contributed by atoms with Gasteiger partial charge in [-0.25, -0.2) is 4.98 Å². The van der Waals surface area contributed by atoms with Crippen LogP contribution in [-0.2, 0) is 0 Å². The highest BCUT2D eigenvalue weighted by Crippen LogP contribution is 2.19. The van der Waals surface area contributed by atoms with Gasteiger partial charge in [0.15, 0.2) is 0 Å². The SMILES string of the molecule is O=C(c1ccccc1)c1cn2cc(-c3cccnc3)ccc2n1. The third kappa shape index (κ3) is 2.51. The number of carbonyl (C=O) groups is 1. The second kappa shape index (κ2) is 5.50. The molecule has 0 saturated heterocycles. The molecule has 4 rings (SSSR count). The molecule has 110 valence electrons. The summed E-state index contributed by atoms with van der Waals surface area (Å²) in [6.45, 7) is 0. The van der Waals surface area contributed by atoms with Crippen molar-refractivity contribution in [1.82, 2.24) is 14.4 Å².